The van der Waals surface area contributed by atoms with Crippen LogP contribution in [-0.4, -0.2) is 47.7 Å². The lowest BCUT2D eigenvalue weighted by atomic mass is 9.94. The molecular weight excluding hydrogens is 397 g/mol. The van der Waals surface area contributed by atoms with Crippen LogP contribution in [0, 0.1) is 5.82 Å². The van der Waals surface area contributed by atoms with Crippen LogP contribution in [0.15, 0.2) is 60.2 Å². The second-order valence-corrected chi connectivity index (χ2v) is 9.41. The third kappa shape index (κ3) is 3.44. The van der Waals surface area contributed by atoms with E-state index in [9.17, 15) is 27.5 Å². The highest BCUT2D eigenvalue weighted by Crippen LogP contribution is 2.42. The maximum Gasteiger partial charge on any atom is 0.295 e. The van der Waals surface area contributed by atoms with Gasteiger partial charge in [-0.3, -0.25) is 9.59 Å². The van der Waals surface area contributed by atoms with Gasteiger partial charge in [0.25, 0.3) is 11.7 Å². The summed E-state index contributed by atoms with van der Waals surface area (Å²) in [5.74, 6) is -3.09. The zero-order valence-electron chi connectivity index (χ0n) is 15.3. The van der Waals surface area contributed by atoms with E-state index in [2.05, 4.69) is 0 Å². The minimum atomic E-state index is -3.34. The van der Waals surface area contributed by atoms with Crippen LogP contribution in [-0.2, 0) is 19.4 Å². The van der Waals surface area contributed by atoms with E-state index in [0.717, 1.165) is 0 Å². The van der Waals surface area contributed by atoms with Gasteiger partial charge in [0.15, 0.2) is 9.84 Å². The number of hydrogen-bond acceptors (Lipinski definition) is 5. The molecule has 2 saturated heterocycles. The summed E-state index contributed by atoms with van der Waals surface area (Å²) < 4.78 is 37.9. The molecule has 29 heavy (non-hydrogen) atoms. The van der Waals surface area contributed by atoms with Gasteiger partial charge in [-0.25, -0.2) is 12.8 Å². The number of sulfone groups is 1. The Balaban J connectivity index is 1.90. The fraction of sp³-hybridized carbons (Fsp3) is 0.238. The average Bonchev–Trinajstić information content (AvgIpc) is 3.18. The topological polar surface area (TPSA) is 91.8 Å². The number of halogens is 1. The summed E-state index contributed by atoms with van der Waals surface area (Å²) in [6.45, 7) is 0. The molecule has 4 rings (SSSR count). The number of carbonyl (C=O) groups excluding carboxylic acids is 2. The van der Waals surface area contributed by atoms with Crippen molar-refractivity contribution in [2.75, 3.05) is 11.5 Å². The molecule has 2 atom stereocenters. The Morgan fingerprint density at radius 1 is 1.07 bits per heavy atom. The molecule has 0 aromatic heterocycles. The van der Waals surface area contributed by atoms with Crippen LogP contribution in [0.4, 0.5) is 4.39 Å². The first kappa shape index (κ1) is 19.3. The van der Waals surface area contributed by atoms with E-state index in [-0.39, 0.29) is 29.3 Å². The predicted octanol–water partition coefficient (Wildman–Crippen LogP) is 2.43. The molecule has 2 heterocycles. The number of ketones is 1. The molecule has 0 aliphatic carbocycles. The molecule has 0 spiro atoms. The van der Waals surface area contributed by atoms with Crippen molar-refractivity contribution in [2.45, 2.75) is 18.5 Å². The Labute approximate surface area is 167 Å². The minimum Gasteiger partial charge on any atom is -0.507 e. The van der Waals surface area contributed by atoms with Gasteiger partial charge in [-0.15, -0.1) is 0 Å². The lowest BCUT2D eigenvalue weighted by molar-refractivity contribution is -0.141. The van der Waals surface area contributed by atoms with Crippen LogP contribution in [0.2, 0.25) is 0 Å². The minimum absolute atomic E-state index is 0.0881. The maximum atomic E-state index is 13.9. The molecule has 1 amide bonds. The number of aliphatic hydroxyl groups is 1. The predicted molar refractivity (Wildman–Crippen MR) is 104 cm³/mol. The summed E-state index contributed by atoms with van der Waals surface area (Å²) >= 11 is 0. The van der Waals surface area contributed by atoms with Gasteiger partial charge in [-0.05, 0) is 24.1 Å². The zero-order chi connectivity index (χ0) is 20.8. The van der Waals surface area contributed by atoms with E-state index in [1.165, 1.54) is 23.1 Å². The van der Waals surface area contributed by atoms with Crippen molar-refractivity contribution in [3.63, 3.8) is 0 Å². The van der Waals surface area contributed by atoms with E-state index in [1.807, 2.05) is 0 Å². The van der Waals surface area contributed by atoms with Gasteiger partial charge in [0.1, 0.15) is 11.6 Å². The number of likely N-dealkylation sites (tertiary alicyclic amines) is 1. The quantitative estimate of drug-likeness (QED) is 0.472. The van der Waals surface area contributed by atoms with Gasteiger partial charge in [0.2, 0.25) is 0 Å². The monoisotopic (exact) mass is 415 g/mol. The van der Waals surface area contributed by atoms with E-state index < -0.39 is 39.4 Å². The molecule has 0 saturated carbocycles. The standard InChI is InChI=1S/C21H18FNO5S/c22-15-8-4-7-14(11-15)18-17(19(24)13-5-2-1-3-6-13)20(25)21(26)23(18)16-9-10-29(27,28)12-16/h1-8,11,16,18,24H,9-10,12H2/b19-17-. The molecule has 2 aromatic rings. The molecule has 150 valence electrons. The number of amides is 1. The van der Waals surface area contributed by atoms with Crippen LogP contribution in [0.5, 0.6) is 0 Å². The van der Waals surface area contributed by atoms with Crippen molar-refractivity contribution in [1.29, 1.82) is 0 Å². The largest absolute Gasteiger partial charge is 0.507 e. The number of nitrogens with zero attached hydrogens (tertiary/aromatic N) is 1. The first-order valence-electron chi connectivity index (χ1n) is 9.10. The van der Waals surface area contributed by atoms with E-state index in [0.29, 0.717) is 11.1 Å². The summed E-state index contributed by atoms with van der Waals surface area (Å²) in [6, 6.07) is 11.9. The van der Waals surface area contributed by atoms with Gasteiger partial charge in [-0.2, -0.15) is 0 Å². The maximum absolute atomic E-state index is 13.9. The van der Waals surface area contributed by atoms with Gasteiger partial charge in [-0.1, -0.05) is 42.5 Å². The van der Waals surface area contributed by atoms with Crippen LogP contribution >= 0.6 is 0 Å². The number of Topliss-reactive ketones (excluding diaryl/α,β-unsaturated/α-hetero) is 1. The number of carbonyl (C=O) groups is 2. The summed E-state index contributed by atoms with van der Waals surface area (Å²) in [7, 11) is -3.34. The Morgan fingerprint density at radius 2 is 1.79 bits per heavy atom. The lowest BCUT2D eigenvalue weighted by Crippen LogP contribution is -2.40. The van der Waals surface area contributed by atoms with Crippen molar-refractivity contribution in [2.24, 2.45) is 0 Å². The van der Waals surface area contributed by atoms with E-state index in [4.69, 9.17) is 0 Å². The number of benzene rings is 2. The van der Waals surface area contributed by atoms with E-state index in [1.54, 1.807) is 36.4 Å². The van der Waals surface area contributed by atoms with Gasteiger partial charge in [0, 0.05) is 11.6 Å². The fourth-order valence-electron chi connectivity index (χ4n) is 3.98. The summed E-state index contributed by atoms with van der Waals surface area (Å²) in [5, 5.41) is 10.8. The molecule has 2 aliphatic heterocycles. The Morgan fingerprint density at radius 3 is 2.41 bits per heavy atom. The van der Waals surface area contributed by atoms with Crippen LogP contribution in [0.3, 0.4) is 0 Å². The van der Waals surface area contributed by atoms with Gasteiger partial charge in [0.05, 0.1) is 23.1 Å². The highest BCUT2D eigenvalue weighted by molar-refractivity contribution is 7.91. The second kappa shape index (κ2) is 7.11. The SMILES string of the molecule is O=C1C(=O)N(C2CCS(=O)(=O)C2)C(c2cccc(F)c2)/C1=C(/O)c1ccccc1. The third-order valence-corrected chi connectivity index (χ3v) is 7.04. The van der Waals surface area contributed by atoms with Crippen molar-refractivity contribution in [3.8, 4) is 0 Å². The molecule has 8 heteroatoms. The van der Waals surface area contributed by atoms with Crippen LogP contribution < -0.4 is 0 Å². The molecule has 2 fully saturated rings. The normalized spacial score (nSPS) is 25.5. The second-order valence-electron chi connectivity index (χ2n) is 7.18. The molecule has 0 radical (unpaired) electrons. The zero-order valence-corrected chi connectivity index (χ0v) is 16.1. The average molecular weight is 415 g/mol. The molecule has 0 bridgehead atoms. The van der Waals surface area contributed by atoms with Crippen LogP contribution in [0.1, 0.15) is 23.6 Å². The molecule has 6 nitrogen and oxygen atoms in total. The molecule has 2 aromatic carbocycles. The lowest BCUT2D eigenvalue weighted by Gasteiger charge is -2.30. The van der Waals surface area contributed by atoms with Gasteiger partial charge < -0.3 is 10.0 Å². The summed E-state index contributed by atoms with van der Waals surface area (Å²) in [5.41, 5.74) is 0.466. The smallest absolute Gasteiger partial charge is 0.295 e. The Hall–Kier alpha value is -3.00. The fourth-order valence-corrected chi connectivity index (χ4v) is 5.69. The highest BCUT2D eigenvalue weighted by atomic mass is 32.2. The first-order valence-corrected chi connectivity index (χ1v) is 10.9. The summed E-state index contributed by atoms with van der Waals surface area (Å²) in [4.78, 5) is 26.9. The first-order chi connectivity index (χ1) is 13.8. The third-order valence-electron chi connectivity index (χ3n) is 5.29. The van der Waals surface area contributed by atoms with Crippen molar-refractivity contribution in [1.82, 2.24) is 4.90 Å². The molecule has 2 aliphatic rings. The Bertz CT molecular complexity index is 1130. The van der Waals surface area contributed by atoms with Crippen molar-refractivity contribution < 1.29 is 27.5 Å². The number of hydrogen-bond donors (Lipinski definition) is 1. The molecule has 2 unspecified atom stereocenters. The Kier molecular flexibility index (Phi) is 4.74. The highest BCUT2D eigenvalue weighted by Gasteiger charge is 2.50. The molecule has 1 N–H and O–H groups in total. The van der Waals surface area contributed by atoms with Crippen molar-refractivity contribution >= 4 is 27.3 Å². The summed E-state index contributed by atoms with van der Waals surface area (Å²) in [6.07, 6.45) is 0.187. The number of aliphatic hydroxyl groups excluding tert-OH is 1. The van der Waals surface area contributed by atoms with Crippen molar-refractivity contribution in [3.05, 3.63) is 77.1 Å². The number of rotatable bonds is 3. The van der Waals surface area contributed by atoms with E-state index >= 15 is 0 Å². The molecular formula is C21H18FNO5S. The van der Waals surface area contributed by atoms with Gasteiger partial charge >= 0.3 is 0 Å². The van der Waals surface area contributed by atoms with Crippen LogP contribution in [0.25, 0.3) is 5.76 Å².